The molecule has 3 heterocycles. The van der Waals surface area contributed by atoms with Crippen LogP contribution in [0.5, 0.6) is 0 Å². The molecule has 1 aromatic carbocycles. The maximum Gasteiger partial charge on any atom is 0.229 e. The van der Waals surface area contributed by atoms with Crippen LogP contribution in [0.2, 0.25) is 0 Å². The van der Waals surface area contributed by atoms with Crippen LogP contribution in [0, 0.1) is 23.2 Å². The van der Waals surface area contributed by atoms with Gasteiger partial charge in [-0.15, -0.1) is 0 Å². The minimum absolute atomic E-state index is 0.00929. The molecule has 1 amide bonds. The minimum atomic E-state index is -0.440. The van der Waals surface area contributed by atoms with E-state index in [0.717, 1.165) is 32.6 Å². The molecule has 3 fully saturated rings. The molecule has 156 valence electrons. The highest BCUT2D eigenvalue weighted by atomic mass is 16.2. The number of nitrogens with one attached hydrogen (secondary N) is 3. The van der Waals surface area contributed by atoms with Gasteiger partial charge in [-0.1, -0.05) is 30.3 Å². The van der Waals surface area contributed by atoms with E-state index in [0.29, 0.717) is 12.3 Å². The highest BCUT2D eigenvalue weighted by Gasteiger charge is 2.47. The second-order valence-corrected chi connectivity index (χ2v) is 8.60. The Morgan fingerprint density at radius 3 is 2.90 bits per heavy atom. The van der Waals surface area contributed by atoms with Gasteiger partial charge in [-0.3, -0.25) is 10.1 Å². The third-order valence-electron chi connectivity index (χ3n) is 6.50. The highest BCUT2D eigenvalue weighted by molar-refractivity contribution is 5.81. The van der Waals surface area contributed by atoms with Crippen molar-refractivity contribution >= 4 is 5.91 Å². The Kier molecular flexibility index (Phi) is 6.13. The summed E-state index contributed by atoms with van der Waals surface area (Å²) in [6.07, 6.45) is 0.933. The fourth-order valence-electron chi connectivity index (χ4n) is 4.99. The SMILES string of the molecule is CN1CCC(c2ccccc2)C(NC(=O)C2C(N)NN3CC(CC#N)CNC23)C1. The zero-order valence-electron chi connectivity index (χ0n) is 16.9. The predicted molar refractivity (Wildman–Crippen MR) is 110 cm³/mol. The number of piperidine rings is 1. The largest absolute Gasteiger partial charge is 0.351 e. The van der Waals surface area contributed by atoms with E-state index in [1.54, 1.807) is 0 Å². The number of carbonyl (C=O) groups is 1. The van der Waals surface area contributed by atoms with E-state index in [-0.39, 0.29) is 30.0 Å². The van der Waals surface area contributed by atoms with Crippen molar-refractivity contribution in [1.29, 1.82) is 5.26 Å². The van der Waals surface area contributed by atoms with Gasteiger partial charge >= 0.3 is 0 Å². The van der Waals surface area contributed by atoms with Crippen LogP contribution in [-0.2, 0) is 4.79 Å². The maximum absolute atomic E-state index is 13.3. The first-order valence-corrected chi connectivity index (χ1v) is 10.5. The Bertz CT molecular complexity index is 751. The smallest absolute Gasteiger partial charge is 0.229 e. The molecule has 8 nitrogen and oxygen atoms in total. The molecule has 3 aliphatic heterocycles. The zero-order chi connectivity index (χ0) is 20.4. The van der Waals surface area contributed by atoms with E-state index in [2.05, 4.69) is 58.3 Å². The van der Waals surface area contributed by atoms with Gasteiger partial charge in [0, 0.05) is 38.0 Å². The number of nitrogens with zero attached hydrogens (tertiary/aromatic N) is 3. The first kappa shape index (κ1) is 20.3. The maximum atomic E-state index is 13.3. The van der Waals surface area contributed by atoms with Crippen molar-refractivity contribution < 1.29 is 4.79 Å². The van der Waals surface area contributed by atoms with Crippen molar-refractivity contribution in [2.75, 3.05) is 33.2 Å². The molecule has 3 saturated heterocycles. The lowest BCUT2D eigenvalue weighted by Gasteiger charge is -2.39. The topological polar surface area (TPSA) is 109 Å². The third-order valence-corrected chi connectivity index (χ3v) is 6.50. The molecule has 4 rings (SSSR count). The molecule has 1 aromatic rings. The van der Waals surface area contributed by atoms with Gasteiger partial charge in [0.25, 0.3) is 0 Å². The summed E-state index contributed by atoms with van der Waals surface area (Å²) in [5.41, 5.74) is 10.8. The second kappa shape index (κ2) is 8.78. The molecule has 3 aliphatic rings. The number of hydrogen-bond donors (Lipinski definition) is 4. The Morgan fingerprint density at radius 1 is 1.34 bits per heavy atom. The average Bonchev–Trinajstić information content (AvgIpc) is 3.04. The number of nitrogens with two attached hydrogens (primary N) is 1. The number of amides is 1. The minimum Gasteiger partial charge on any atom is -0.351 e. The van der Waals surface area contributed by atoms with Crippen LogP contribution < -0.4 is 21.8 Å². The van der Waals surface area contributed by atoms with Crippen LogP contribution in [0.4, 0.5) is 0 Å². The molecule has 8 heteroatoms. The molecule has 0 saturated carbocycles. The van der Waals surface area contributed by atoms with Crippen LogP contribution in [0.1, 0.15) is 24.3 Å². The number of benzene rings is 1. The number of likely N-dealkylation sites (N-methyl/N-ethyl adjacent to an activating group) is 1. The van der Waals surface area contributed by atoms with Gasteiger partial charge in [0.1, 0.15) is 0 Å². The monoisotopic (exact) mass is 397 g/mol. The Labute approximate surface area is 172 Å². The lowest BCUT2D eigenvalue weighted by molar-refractivity contribution is -0.128. The standard InChI is InChI=1S/C21H31N7O/c1-27-10-8-16(15-5-3-2-4-6-15)17(13-27)25-21(29)18-19(23)26-28-12-14(7-9-22)11-24-20(18)28/h2-6,14,16-20,24,26H,7-8,10-13,23H2,1H3,(H,25,29). The lowest BCUT2D eigenvalue weighted by atomic mass is 9.85. The van der Waals surface area contributed by atoms with E-state index in [9.17, 15) is 4.79 Å². The first-order chi connectivity index (χ1) is 14.1. The van der Waals surface area contributed by atoms with Crippen molar-refractivity contribution in [3.8, 4) is 6.07 Å². The van der Waals surface area contributed by atoms with Crippen molar-refractivity contribution in [2.45, 2.75) is 37.1 Å². The summed E-state index contributed by atoms with van der Waals surface area (Å²) in [7, 11) is 2.10. The molecule has 0 aromatic heterocycles. The van der Waals surface area contributed by atoms with E-state index < -0.39 is 6.17 Å². The van der Waals surface area contributed by atoms with Gasteiger partial charge in [0.05, 0.1) is 24.3 Å². The summed E-state index contributed by atoms with van der Waals surface area (Å²) < 4.78 is 0. The summed E-state index contributed by atoms with van der Waals surface area (Å²) in [5.74, 6) is 0.163. The van der Waals surface area contributed by atoms with E-state index in [1.165, 1.54) is 5.56 Å². The van der Waals surface area contributed by atoms with Crippen molar-refractivity contribution in [2.24, 2.45) is 17.6 Å². The number of hydrogen-bond acceptors (Lipinski definition) is 7. The Hall–Kier alpha value is -2.02. The summed E-state index contributed by atoms with van der Waals surface area (Å²) >= 11 is 0. The average molecular weight is 398 g/mol. The lowest BCUT2D eigenvalue weighted by Crippen LogP contribution is -2.59. The molecule has 6 atom stereocenters. The van der Waals surface area contributed by atoms with Crippen molar-refractivity contribution in [3.63, 3.8) is 0 Å². The predicted octanol–water partition coefficient (Wildman–Crippen LogP) is -0.229. The molecular weight excluding hydrogens is 366 g/mol. The van der Waals surface area contributed by atoms with Crippen LogP contribution in [0.3, 0.4) is 0 Å². The molecule has 5 N–H and O–H groups in total. The van der Waals surface area contributed by atoms with Crippen molar-refractivity contribution in [1.82, 2.24) is 26.0 Å². The number of fused-ring (bicyclic) bond motifs is 1. The Balaban J connectivity index is 1.45. The van der Waals surface area contributed by atoms with Crippen LogP contribution in [-0.4, -0.2) is 67.4 Å². The molecule has 0 aliphatic carbocycles. The van der Waals surface area contributed by atoms with Gasteiger partial charge in [-0.05, 0) is 31.5 Å². The molecule has 0 spiro atoms. The first-order valence-electron chi connectivity index (χ1n) is 10.5. The van der Waals surface area contributed by atoms with Gasteiger partial charge in [-0.2, -0.15) is 5.26 Å². The van der Waals surface area contributed by atoms with Crippen molar-refractivity contribution in [3.05, 3.63) is 35.9 Å². The number of rotatable bonds is 4. The van der Waals surface area contributed by atoms with E-state index in [4.69, 9.17) is 11.0 Å². The fourth-order valence-corrected chi connectivity index (χ4v) is 4.99. The quantitative estimate of drug-likeness (QED) is 0.556. The van der Waals surface area contributed by atoms with Crippen LogP contribution in [0.25, 0.3) is 0 Å². The third kappa shape index (κ3) is 4.29. The van der Waals surface area contributed by atoms with Gasteiger partial charge < -0.3 is 16.0 Å². The Morgan fingerprint density at radius 2 is 2.14 bits per heavy atom. The molecule has 6 unspecified atom stereocenters. The number of hydrazine groups is 1. The molecule has 0 bridgehead atoms. The molecular formula is C21H31N7O. The zero-order valence-corrected chi connectivity index (χ0v) is 16.9. The molecule has 29 heavy (non-hydrogen) atoms. The summed E-state index contributed by atoms with van der Waals surface area (Å²) in [5, 5.41) is 17.7. The van der Waals surface area contributed by atoms with E-state index in [1.807, 2.05) is 11.1 Å². The van der Waals surface area contributed by atoms with Crippen LogP contribution in [0.15, 0.2) is 30.3 Å². The van der Waals surface area contributed by atoms with Gasteiger partial charge in [-0.25, -0.2) is 10.4 Å². The number of likely N-dealkylation sites (tertiary alicyclic amines) is 1. The summed E-state index contributed by atoms with van der Waals surface area (Å²) in [6, 6.07) is 12.7. The fraction of sp³-hybridized carbons (Fsp3) is 0.619. The van der Waals surface area contributed by atoms with Gasteiger partial charge in [0.2, 0.25) is 5.91 Å². The summed E-state index contributed by atoms with van der Waals surface area (Å²) in [4.78, 5) is 15.6. The highest BCUT2D eigenvalue weighted by Crippen LogP contribution is 2.29. The number of nitriles is 1. The van der Waals surface area contributed by atoms with E-state index >= 15 is 0 Å². The normalized spacial score (nSPS) is 35.6. The summed E-state index contributed by atoms with van der Waals surface area (Å²) in [6.45, 7) is 3.30. The second-order valence-electron chi connectivity index (χ2n) is 8.60. The molecule has 0 radical (unpaired) electrons. The number of carbonyl (C=O) groups excluding carboxylic acids is 1. The van der Waals surface area contributed by atoms with Gasteiger partial charge in [0.15, 0.2) is 0 Å². The van der Waals surface area contributed by atoms with Crippen LogP contribution >= 0.6 is 0 Å².